The van der Waals surface area contributed by atoms with Crippen molar-refractivity contribution < 1.29 is 0 Å². The molecule has 0 bridgehead atoms. The fourth-order valence-corrected chi connectivity index (χ4v) is 0.537. The van der Waals surface area contributed by atoms with Gasteiger partial charge in [-0.15, -0.1) is 0 Å². The quantitative estimate of drug-likeness (QED) is 0.369. The number of hydrogen-bond donors (Lipinski definition) is 2. The van der Waals surface area contributed by atoms with Gasteiger partial charge in [0, 0.05) is 0 Å². The Bertz CT molecular complexity index is 99.8. The summed E-state index contributed by atoms with van der Waals surface area (Å²) in [5.41, 5.74) is 0. The molecule has 0 aromatic rings. The molecule has 46 valence electrons. The lowest BCUT2D eigenvalue weighted by molar-refractivity contribution is 0.183. The van der Waals surface area contributed by atoms with E-state index in [0.717, 1.165) is 0 Å². The van der Waals surface area contributed by atoms with Crippen LogP contribution in [0, 0.1) is 0 Å². The molecule has 0 amide bonds. The van der Waals surface area contributed by atoms with E-state index in [1.165, 1.54) is 10.0 Å². The van der Waals surface area contributed by atoms with Gasteiger partial charge >= 0.3 is 0 Å². The van der Waals surface area contributed by atoms with E-state index in [0.29, 0.717) is 13.3 Å². The highest BCUT2D eigenvalue weighted by atomic mass is 15.6. The number of hydrogen-bond acceptors (Lipinski definition) is 5. The third-order valence-corrected chi connectivity index (χ3v) is 0.838. The van der Waals surface area contributed by atoms with Gasteiger partial charge < -0.3 is 0 Å². The average molecular weight is 115 g/mol. The molecule has 0 fully saturated rings. The monoisotopic (exact) mass is 115 g/mol. The standard InChI is InChI=1S/C3H9N5/c4-7-1-6-2-8(5)3-7/h1H,2-5H2. The summed E-state index contributed by atoms with van der Waals surface area (Å²) in [6.45, 7) is 1.08. The van der Waals surface area contributed by atoms with Crippen LogP contribution in [0.3, 0.4) is 0 Å². The fraction of sp³-hybridized carbons (Fsp3) is 0.667. The SMILES string of the molecule is NN1C=NCN(N)C1. The minimum atomic E-state index is 0.535. The maximum Gasteiger partial charge on any atom is 0.107 e. The minimum Gasteiger partial charge on any atom is -0.285 e. The molecule has 1 rings (SSSR count). The van der Waals surface area contributed by atoms with Crippen molar-refractivity contribution in [1.82, 2.24) is 10.0 Å². The Morgan fingerprint density at radius 3 is 2.62 bits per heavy atom. The van der Waals surface area contributed by atoms with Crippen LogP contribution in [0.15, 0.2) is 4.99 Å². The van der Waals surface area contributed by atoms with Crippen molar-refractivity contribution in [2.24, 2.45) is 16.7 Å². The molecule has 0 aromatic heterocycles. The Labute approximate surface area is 47.5 Å². The normalized spacial score (nSPS) is 22.0. The smallest absolute Gasteiger partial charge is 0.107 e. The highest BCUT2D eigenvalue weighted by molar-refractivity contribution is 5.54. The molecule has 8 heavy (non-hydrogen) atoms. The summed E-state index contributed by atoms with van der Waals surface area (Å²) >= 11 is 0. The van der Waals surface area contributed by atoms with Crippen LogP contribution in [0.5, 0.6) is 0 Å². The summed E-state index contributed by atoms with van der Waals surface area (Å²) in [6, 6.07) is 0. The molecule has 0 spiro atoms. The van der Waals surface area contributed by atoms with E-state index in [-0.39, 0.29) is 0 Å². The number of nitrogens with two attached hydrogens (primary N) is 2. The van der Waals surface area contributed by atoms with Crippen LogP contribution in [0.25, 0.3) is 0 Å². The first-order chi connectivity index (χ1) is 3.79. The Morgan fingerprint density at radius 1 is 1.50 bits per heavy atom. The Balaban J connectivity index is 2.42. The molecule has 0 aromatic carbocycles. The van der Waals surface area contributed by atoms with Crippen molar-refractivity contribution in [2.45, 2.75) is 0 Å². The molecule has 1 heterocycles. The predicted octanol–water partition coefficient (Wildman–Crippen LogP) is -1.71. The van der Waals surface area contributed by atoms with Crippen LogP contribution in [0.4, 0.5) is 0 Å². The molecule has 5 heteroatoms. The second-order valence-corrected chi connectivity index (χ2v) is 1.68. The largest absolute Gasteiger partial charge is 0.285 e. The van der Waals surface area contributed by atoms with E-state index in [1.807, 2.05) is 0 Å². The lowest BCUT2D eigenvalue weighted by atomic mass is 10.8. The van der Waals surface area contributed by atoms with Crippen LogP contribution in [-0.2, 0) is 0 Å². The van der Waals surface area contributed by atoms with Crippen molar-refractivity contribution in [3.63, 3.8) is 0 Å². The third kappa shape index (κ3) is 1.16. The van der Waals surface area contributed by atoms with Crippen LogP contribution < -0.4 is 11.7 Å². The second kappa shape index (κ2) is 2.08. The second-order valence-electron chi connectivity index (χ2n) is 1.68. The van der Waals surface area contributed by atoms with Gasteiger partial charge in [-0.1, -0.05) is 0 Å². The van der Waals surface area contributed by atoms with Crippen LogP contribution in [-0.4, -0.2) is 29.7 Å². The molecule has 5 nitrogen and oxygen atoms in total. The summed E-state index contributed by atoms with van der Waals surface area (Å²) in [5, 5.41) is 2.93. The van der Waals surface area contributed by atoms with Crippen LogP contribution in [0.2, 0.25) is 0 Å². The average Bonchev–Trinajstić information content (AvgIpc) is 1.64. The minimum absolute atomic E-state index is 0.535. The third-order valence-electron chi connectivity index (χ3n) is 0.838. The zero-order valence-corrected chi connectivity index (χ0v) is 4.49. The van der Waals surface area contributed by atoms with E-state index in [2.05, 4.69) is 4.99 Å². The summed E-state index contributed by atoms with van der Waals surface area (Å²) < 4.78 is 0. The van der Waals surface area contributed by atoms with Gasteiger partial charge in [-0.05, 0) is 0 Å². The first kappa shape index (κ1) is 5.49. The summed E-state index contributed by atoms with van der Waals surface area (Å²) in [6.07, 6.45) is 1.56. The summed E-state index contributed by atoms with van der Waals surface area (Å²) in [4.78, 5) is 3.82. The Hall–Kier alpha value is -0.650. The number of aliphatic imine (C=N–C) groups is 1. The summed E-state index contributed by atoms with van der Waals surface area (Å²) in [5.74, 6) is 10.6. The van der Waals surface area contributed by atoms with E-state index >= 15 is 0 Å². The number of rotatable bonds is 0. The molecule has 0 radical (unpaired) electrons. The number of nitrogens with zero attached hydrogens (tertiary/aromatic N) is 3. The lowest BCUT2D eigenvalue weighted by Crippen LogP contribution is -2.48. The molecule has 0 atom stereocenters. The Morgan fingerprint density at radius 2 is 2.25 bits per heavy atom. The van der Waals surface area contributed by atoms with Gasteiger partial charge in [0.2, 0.25) is 0 Å². The van der Waals surface area contributed by atoms with Crippen LogP contribution in [0.1, 0.15) is 0 Å². The molecule has 0 saturated carbocycles. The maximum absolute atomic E-state index is 5.32. The molecule has 0 unspecified atom stereocenters. The maximum atomic E-state index is 5.32. The van der Waals surface area contributed by atoms with Gasteiger partial charge in [0.05, 0.1) is 0 Å². The molecule has 4 N–H and O–H groups in total. The van der Waals surface area contributed by atoms with Crippen molar-refractivity contribution in [3.05, 3.63) is 0 Å². The van der Waals surface area contributed by atoms with E-state index in [1.54, 1.807) is 6.34 Å². The topological polar surface area (TPSA) is 70.9 Å². The van der Waals surface area contributed by atoms with Crippen molar-refractivity contribution in [3.8, 4) is 0 Å². The first-order valence-corrected chi connectivity index (χ1v) is 2.30. The number of hydrazine groups is 2. The van der Waals surface area contributed by atoms with Gasteiger partial charge in [0.1, 0.15) is 19.7 Å². The Kier molecular flexibility index (Phi) is 1.43. The van der Waals surface area contributed by atoms with E-state index < -0.39 is 0 Å². The van der Waals surface area contributed by atoms with E-state index in [9.17, 15) is 0 Å². The molecular weight excluding hydrogens is 106 g/mol. The summed E-state index contributed by atoms with van der Waals surface area (Å²) in [7, 11) is 0. The zero-order chi connectivity index (χ0) is 5.98. The van der Waals surface area contributed by atoms with Gasteiger partial charge in [-0.3, -0.25) is 15.8 Å². The highest BCUT2D eigenvalue weighted by Crippen LogP contribution is 1.85. The highest BCUT2D eigenvalue weighted by Gasteiger charge is 2.03. The predicted molar refractivity (Wildman–Crippen MR) is 30.3 cm³/mol. The molecule has 1 aliphatic heterocycles. The molecule has 1 aliphatic rings. The fourth-order valence-electron chi connectivity index (χ4n) is 0.537. The molecule has 0 aliphatic carbocycles. The van der Waals surface area contributed by atoms with E-state index in [4.69, 9.17) is 11.7 Å². The van der Waals surface area contributed by atoms with Crippen molar-refractivity contribution in [1.29, 1.82) is 0 Å². The van der Waals surface area contributed by atoms with Gasteiger partial charge in [-0.2, -0.15) is 0 Å². The van der Waals surface area contributed by atoms with Gasteiger partial charge in [0.15, 0.2) is 0 Å². The molecular formula is C3H9N5. The van der Waals surface area contributed by atoms with Gasteiger partial charge in [0.25, 0.3) is 0 Å². The van der Waals surface area contributed by atoms with Crippen molar-refractivity contribution in [2.75, 3.05) is 13.3 Å². The van der Waals surface area contributed by atoms with Crippen LogP contribution >= 0.6 is 0 Å². The first-order valence-electron chi connectivity index (χ1n) is 2.30. The lowest BCUT2D eigenvalue weighted by Gasteiger charge is -2.23. The molecule has 0 saturated heterocycles. The van der Waals surface area contributed by atoms with Crippen molar-refractivity contribution >= 4 is 6.34 Å². The van der Waals surface area contributed by atoms with Gasteiger partial charge in [-0.25, -0.2) is 10.9 Å². The zero-order valence-electron chi connectivity index (χ0n) is 4.49.